The Morgan fingerprint density at radius 1 is 1.45 bits per heavy atom. The zero-order chi connectivity index (χ0) is 14.1. The number of Topliss-reactive ketones (excluding diaryl/α,β-unsaturated/α-hetero) is 1. The summed E-state index contributed by atoms with van der Waals surface area (Å²) in [5.74, 6) is 2.14. The van der Waals surface area contributed by atoms with Crippen molar-refractivity contribution in [2.24, 2.45) is 5.92 Å². The molecule has 1 aromatic heterocycles. The highest BCUT2D eigenvalue weighted by Crippen LogP contribution is 2.31. The molecule has 1 aromatic carbocycles. The van der Waals surface area contributed by atoms with E-state index in [9.17, 15) is 4.79 Å². The highest BCUT2D eigenvalue weighted by molar-refractivity contribution is 5.84. The quantitative estimate of drug-likeness (QED) is 0.837. The fraction of sp³-hybridized carbons (Fsp3) is 0.400. The molecule has 1 aliphatic rings. The van der Waals surface area contributed by atoms with Crippen LogP contribution in [0.25, 0.3) is 11.4 Å². The molecule has 0 N–H and O–H groups in total. The van der Waals surface area contributed by atoms with Crippen LogP contribution in [0.5, 0.6) is 5.75 Å². The first-order valence-electron chi connectivity index (χ1n) is 6.67. The lowest BCUT2D eigenvalue weighted by Gasteiger charge is -2.04. The van der Waals surface area contributed by atoms with E-state index in [-0.39, 0.29) is 18.1 Å². The van der Waals surface area contributed by atoms with Crippen molar-refractivity contribution in [2.75, 3.05) is 7.11 Å². The summed E-state index contributed by atoms with van der Waals surface area (Å²) in [5.41, 5.74) is 1.86. The SMILES string of the molecule is COc1ccc(-c2noc(CC(=O)C3CC3)n2)cc1C. The fourth-order valence-corrected chi connectivity index (χ4v) is 2.16. The van der Waals surface area contributed by atoms with Crippen LogP contribution < -0.4 is 4.74 Å². The standard InChI is InChI=1S/C15H16N2O3/c1-9-7-11(5-6-13(9)19-2)15-16-14(20-17-15)8-12(18)10-3-4-10/h5-7,10H,3-4,8H2,1-2H3. The van der Waals surface area contributed by atoms with E-state index in [2.05, 4.69) is 10.1 Å². The summed E-state index contributed by atoms with van der Waals surface area (Å²) in [6.07, 6.45) is 2.24. The van der Waals surface area contributed by atoms with Crippen molar-refractivity contribution in [3.8, 4) is 17.1 Å². The lowest BCUT2D eigenvalue weighted by Crippen LogP contribution is -2.04. The molecule has 2 aromatic rings. The van der Waals surface area contributed by atoms with Crippen LogP contribution in [0.2, 0.25) is 0 Å². The van der Waals surface area contributed by atoms with E-state index in [1.807, 2.05) is 25.1 Å². The third kappa shape index (κ3) is 2.57. The molecule has 1 saturated carbocycles. The van der Waals surface area contributed by atoms with Crippen LogP contribution in [0.1, 0.15) is 24.3 Å². The minimum absolute atomic E-state index is 0.200. The number of carbonyl (C=O) groups excluding carboxylic acids is 1. The van der Waals surface area contributed by atoms with Crippen molar-refractivity contribution < 1.29 is 14.1 Å². The van der Waals surface area contributed by atoms with E-state index in [0.29, 0.717) is 11.7 Å². The molecule has 0 bridgehead atoms. The van der Waals surface area contributed by atoms with Crippen molar-refractivity contribution in [1.82, 2.24) is 10.1 Å². The van der Waals surface area contributed by atoms with E-state index >= 15 is 0 Å². The maximum atomic E-state index is 11.7. The minimum Gasteiger partial charge on any atom is -0.496 e. The molecule has 0 unspecified atom stereocenters. The second-order valence-corrected chi connectivity index (χ2v) is 5.11. The summed E-state index contributed by atoms with van der Waals surface area (Å²) in [7, 11) is 1.64. The van der Waals surface area contributed by atoms with Gasteiger partial charge in [-0.3, -0.25) is 4.79 Å². The normalized spacial score (nSPS) is 14.3. The highest BCUT2D eigenvalue weighted by atomic mass is 16.5. The first-order valence-corrected chi connectivity index (χ1v) is 6.67. The zero-order valence-corrected chi connectivity index (χ0v) is 11.5. The van der Waals surface area contributed by atoms with Crippen LogP contribution in [-0.2, 0) is 11.2 Å². The van der Waals surface area contributed by atoms with Crippen molar-refractivity contribution >= 4 is 5.78 Å². The van der Waals surface area contributed by atoms with Gasteiger partial charge in [-0.25, -0.2) is 0 Å². The Hall–Kier alpha value is -2.17. The molecule has 104 valence electrons. The summed E-state index contributed by atoms with van der Waals surface area (Å²) in [6.45, 7) is 1.96. The number of hydrogen-bond acceptors (Lipinski definition) is 5. The molecular formula is C15H16N2O3. The summed E-state index contributed by atoms with van der Waals surface area (Å²) in [6, 6.07) is 5.69. The third-order valence-electron chi connectivity index (χ3n) is 3.48. The van der Waals surface area contributed by atoms with E-state index in [1.165, 1.54) is 0 Å². The molecule has 0 radical (unpaired) electrons. The van der Waals surface area contributed by atoms with Gasteiger partial charge in [-0.05, 0) is 43.5 Å². The molecular weight excluding hydrogens is 256 g/mol. The lowest BCUT2D eigenvalue weighted by atomic mass is 10.1. The molecule has 0 aliphatic heterocycles. The predicted molar refractivity (Wildman–Crippen MR) is 72.5 cm³/mol. The van der Waals surface area contributed by atoms with Crippen LogP contribution >= 0.6 is 0 Å². The molecule has 3 rings (SSSR count). The van der Waals surface area contributed by atoms with Gasteiger partial charge in [-0.15, -0.1) is 0 Å². The molecule has 0 atom stereocenters. The van der Waals surface area contributed by atoms with E-state index < -0.39 is 0 Å². The first kappa shape index (κ1) is 12.8. The Kier molecular flexibility index (Phi) is 3.26. The summed E-state index contributed by atoms with van der Waals surface area (Å²) in [5, 5.41) is 3.94. The van der Waals surface area contributed by atoms with Gasteiger partial charge in [0.1, 0.15) is 11.5 Å². The fourth-order valence-electron chi connectivity index (χ4n) is 2.16. The zero-order valence-electron chi connectivity index (χ0n) is 11.5. The predicted octanol–water partition coefficient (Wildman–Crippen LogP) is 2.58. The number of methoxy groups -OCH3 is 1. The van der Waals surface area contributed by atoms with Crippen LogP contribution in [-0.4, -0.2) is 23.0 Å². The second kappa shape index (κ2) is 5.07. The molecule has 1 fully saturated rings. The van der Waals surface area contributed by atoms with Crippen molar-refractivity contribution in [3.05, 3.63) is 29.7 Å². The molecule has 0 amide bonds. The number of carbonyl (C=O) groups is 1. The van der Waals surface area contributed by atoms with Gasteiger partial charge in [-0.1, -0.05) is 5.16 Å². The van der Waals surface area contributed by atoms with Crippen molar-refractivity contribution in [2.45, 2.75) is 26.2 Å². The number of ketones is 1. The lowest BCUT2D eigenvalue weighted by molar-refractivity contribution is -0.119. The topological polar surface area (TPSA) is 65.2 Å². The Labute approximate surface area is 116 Å². The average Bonchev–Trinajstić information content (AvgIpc) is 3.19. The van der Waals surface area contributed by atoms with E-state index in [1.54, 1.807) is 7.11 Å². The number of ether oxygens (including phenoxy) is 1. The maximum absolute atomic E-state index is 11.7. The number of aromatic nitrogens is 2. The number of rotatable bonds is 5. The van der Waals surface area contributed by atoms with Crippen LogP contribution in [0.15, 0.2) is 22.7 Å². The Balaban J connectivity index is 1.78. The molecule has 0 spiro atoms. The molecule has 20 heavy (non-hydrogen) atoms. The van der Waals surface area contributed by atoms with Crippen LogP contribution in [0, 0.1) is 12.8 Å². The largest absolute Gasteiger partial charge is 0.496 e. The summed E-state index contributed by atoms with van der Waals surface area (Å²) in [4.78, 5) is 16.0. The molecule has 5 nitrogen and oxygen atoms in total. The number of aryl methyl sites for hydroxylation is 1. The van der Waals surface area contributed by atoms with Crippen molar-refractivity contribution in [3.63, 3.8) is 0 Å². The molecule has 5 heteroatoms. The van der Waals surface area contributed by atoms with Crippen LogP contribution in [0.3, 0.4) is 0 Å². The smallest absolute Gasteiger partial charge is 0.234 e. The van der Waals surface area contributed by atoms with Gasteiger partial charge in [0.25, 0.3) is 0 Å². The van der Waals surface area contributed by atoms with Gasteiger partial charge in [-0.2, -0.15) is 4.98 Å². The Bertz CT molecular complexity index is 644. The Morgan fingerprint density at radius 2 is 2.25 bits per heavy atom. The third-order valence-corrected chi connectivity index (χ3v) is 3.48. The number of hydrogen-bond donors (Lipinski definition) is 0. The highest BCUT2D eigenvalue weighted by Gasteiger charge is 2.30. The maximum Gasteiger partial charge on any atom is 0.234 e. The Morgan fingerprint density at radius 3 is 2.90 bits per heavy atom. The van der Waals surface area contributed by atoms with Gasteiger partial charge in [0, 0.05) is 11.5 Å². The van der Waals surface area contributed by atoms with E-state index in [0.717, 1.165) is 29.7 Å². The number of nitrogens with zero attached hydrogens (tertiary/aromatic N) is 2. The molecule has 1 aliphatic carbocycles. The van der Waals surface area contributed by atoms with Crippen LogP contribution in [0.4, 0.5) is 0 Å². The molecule has 1 heterocycles. The number of benzene rings is 1. The molecule has 0 saturated heterocycles. The summed E-state index contributed by atoms with van der Waals surface area (Å²) < 4.78 is 10.4. The summed E-state index contributed by atoms with van der Waals surface area (Å²) >= 11 is 0. The van der Waals surface area contributed by atoms with Gasteiger partial charge < -0.3 is 9.26 Å². The average molecular weight is 272 g/mol. The minimum atomic E-state index is 0.200. The van der Waals surface area contributed by atoms with Gasteiger partial charge >= 0.3 is 0 Å². The first-order chi connectivity index (χ1) is 9.67. The van der Waals surface area contributed by atoms with Gasteiger partial charge in [0.2, 0.25) is 11.7 Å². The van der Waals surface area contributed by atoms with Gasteiger partial charge in [0.05, 0.1) is 13.5 Å². The van der Waals surface area contributed by atoms with Gasteiger partial charge in [0.15, 0.2) is 0 Å². The second-order valence-electron chi connectivity index (χ2n) is 5.11. The van der Waals surface area contributed by atoms with Crippen molar-refractivity contribution in [1.29, 1.82) is 0 Å². The van der Waals surface area contributed by atoms with E-state index in [4.69, 9.17) is 9.26 Å². The monoisotopic (exact) mass is 272 g/mol.